The molecule has 3 aliphatic heterocycles. The van der Waals surface area contributed by atoms with Gasteiger partial charge in [-0.25, -0.2) is 0 Å². The van der Waals surface area contributed by atoms with Gasteiger partial charge in [0.25, 0.3) is 0 Å². The van der Waals surface area contributed by atoms with Gasteiger partial charge in [-0.1, -0.05) is 231 Å². The van der Waals surface area contributed by atoms with E-state index in [1.807, 2.05) is 0 Å². The molecule has 1 amide bonds. The zero-order valence-electron chi connectivity index (χ0n) is 52.6. The number of rotatable bonds is 52. The standard InChI is InChI=1S/C66H123NO18/c1-3-5-7-9-11-12-13-14-15-16-17-18-19-20-21-22-23-24-25-26-27-28-29-30-31-32-33-34-35-36-38-40-42-44-54(72)67-49(50(71)43-41-39-37-10-8-6-4-2)48-80-64-60(78)57(75)62(52(46-69)82-64)85-66-61(79)58(76)63(53(47-70)83-66)84-65-59(77)56(74)55(73)51(45-68)81-65/h13-14,16-17,49-53,55-66,68-71,73-79H,3-12,15,18-48H2,1-2H3,(H,67,72)/b14-13-,17-16-. The Morgan fingerprint density at radius 1 is 0.424 bits per heavy atom. The fraction of sp³-hybridized carbons (Fsp3) is 0.924. The Morgan fingerprint density at radius 2 is 0.776 bits per heavy atom. The smallest absolute Gasteiger partial charge is 0.220 e. The SMILES string of the molecule is CCCCCCC/C=C\C/C=C\CCCCCCCCCCCCCCCCCCCCCCCC(=O)NC(COC1OC(CO)C(OC2OC(CO)C(OC3OC(CO)C(O)C(O)C3O)C(O)C2O)C(O)C1O)C(O)CCCCCCCCC. The highest BCUT2D eigenvalue weighted by molar-refractivity contribution is 5.76. The van der Waals surface area contributed by atoms with Crippen molar-refractivity contribution in [3.8, 4) is 0 Å². The predicted octanol–water partition coefficient (Wildman–Crippen LogP) is 8.27. The van der Waals surface area contributed by atoms with Gasteiger partial charge < -0.3 is 89.9 Å². The molecule has 0 aromatic carbocycles. The first-order valence-electron chi connectivity index (χ1n) is 34.1. The second kappa shape index (κ2) is 49.0. The molecule has 17 atom stereocenters. The third-order valence-electron chi connectivity index (χ3n) is 17.3. The number of hydrogen-bond acceptors (Lipinski definition) is 18. The van der Waals surface area contributed by atoms with Crippen LogP contribution in [0.5, 0.6) is 0 Å². The van der Waals surface area contributed by atoms with Crippen molar-refractivity contribution in [3.05, 3.63) is 24.3 Å². The molecule has 3 heterocycles. The van der Waals surface area contributed by atoms with Gasteiger partial charge in [0.05, 0.1) is 38.6 Å². The molecule has 500 valence electrons. The number of nitrogens with one attached hydrogen (secondary N) is 1. The Kier molecular flexibility index (Phi) is 44.7. The van der Waals surface area contributed by atoms with Gasteiger partial charge in [0.1, 0.15) is 73.2 Å². The summed E-state index contributed by atoms with van der Waals surface area (Å²) < 4.78 is 34.2. The molecule has 85 heavy (non-hydrogen) atoms. The Balaban J connectivity index is 1.29. The molecule has 12 N–H and O–H groups in total. The molecule has 3 aliphatic rings. The molecule has 3 saturated heterocycles. The highest BCUT2D eigenvalue weighted by atomic mass is 16.8. The van der Waals surface area contributed by atoms with E-state index in [2.05, 4.69) is 43.5 Å². The average Bonchev–Trinajstić information content (AvgIpc) is 3.70. The lowest BCUT2D eigenvalue weighted by molar-refractivity contribution is -0.379. The molecule has 19 heteroatoms. The summed E-state index contributed by atoms with van der Waals surface area (Å²) >= 11 is 0. The van der Waals surface area contributed by atoms with Crippen molar-refractivity contribution < 1.29 is 89.4 Å². The van der Waals surface area contributed by atoms with Crippen LogP contribution >= 0.6 is 0 Å². The van der Waals surface area contributed by atoms with Crippen LogP contribution in [0.25, 0.3) is 0 Å². The molecule has 0 aromatic rings. The molecule has 3 rings (SSSR count). The van der Waals surface area contributed by atoms with E-state index < -0.39 is 124 Å². The minimum atomic E-state index is -1.97. The minimum absolute atomic E-state index is 0.243. The summed E-state index contributed by atoms with van der Waals surface area (Å²) in [6, 6.07) is -0.881. The normalized spacial score (nSPS) is 29.1. The number of hydrogen-bond donors (Lipinski definition) is 12. The maximum absolute atomic E-state index is 13.3. The quantitative estimate of drug-likeness (QED) is 0.0201. The van der Waals surface area contributed by atoms with Gasteiger partial charge >= 0.3 is 0 Å². The zero-order valence-corrected chi connectivity index (χ0v) is 52.6. The Labute approximate surface area is 511 Å². The number of carbonyl (C=O) groups is 1. The van der Waals surface area contributed by atoms with Gasteiger partial charge in [-0.2, -0.15) is 0 Å². The summed E-state index contributed by atoms with van der Waals surface area (Å²) in [4.78, 5) is 13.3. The first kappa shape index (κ1) is 77.5. The topological polar surface area (TPSA) is 307 Å². The van der Waals surface area contributed by atoms with Gasteiger partial charge in [-0.3, -0.25) is 4.79 Å². The molecule has 0 radical (unpaired) electrons. The maximum atomic E-state index is 13.3. The van der Waals surface area contributed by atoms with Crippen molar-refractivity contribution in [3.63, 3.8) is 0 Å². The fourth-order valence-corrected chi connectivity index (χ4v) is 11.7. The average molecular weight is 1220 g/mol. The lowest BCUT2D eigenvalue weighted by Gasteiger charge is -2.48. The number of ether oxygens (including phenoxy) is 6. The Bertz CT molecular complexity index is 1640. The van der Waals surface area contributed by atoms with E-state index in [1.165, 1.54) is 161 Å². The zero-order chi connectivity index (χ0) is 61.9. The van der Waals surface area contributed by atoms with Crippen molar-refractivity contribution in [2.24, 2.45) is 0 Å². The molecule has 0 aromatic heterocycles. The third-order valence-corrected chi connectivity index (χ3v) is 17.3. The molecule has 0 aliphatic carbocycles. The number of carbonyl (C=O) groups excluding carboxylic acids is 1. The van der Waals surface area contributed by atoms with Crippen LogP contribution in [-0.2, 0) is 33.2 Å². The molecule has 0 spiro atoms. The summed E-state index contributed by atoms with van der Waals surface area (Å²) in [6.45, 7) is 1.73. The van der Waals surface area contributed by atoms with Crippen molar-refractivity contribution in [1.29, 1.82) is 0 Å². The molecule has 0 saturated carbocycles. The molecule has 3 fully saturated rings. The van der Waals surface area contributed by atoms with Crippen LogP contribution in [-0.4, -0.2) is 193 Å². The van der Waals surface area contributed by atoms with Gasteiger partial charge in [-0.05, 0) is 44.9 Å². The van der Waals surface area contributed by atoms with E-state index in [9.17, 15) is 61.0 Å². The number of allylic oxidation sites excluding steroid dienone is 4. The summed E-state index contributed by atoms with van der Waals surface area (Å²) in [5, 5.41) is 120. The first-order chi connectivity index (χ1) is 41.3. The fourth-order valence-electron chi connectivity index (χ4n) is 11.7. The van der Waals surface area contributed by atoms with Crippen molar-refractivity contribution in [2.75, 3.05) is 26.4 Å². The lowest BCUT2D eigenvalue weighted by Crippen LogP contribution is -2.66. The monoisotopic (exact) mass is 1220 g/mol. The third kappa shape index (κ3) is 31.7. The molecule has 19 nitrogen and oxygen atoms in total. The number of aliphatic hydroxyl groups excluding tert-OH is 11. The van der Waals surface area contributed by atoms with Crippen molar-refractivity contribution in [2.45, 2.75) is 362 Å². The van der Waals surface area contributed by atoms with Crippen LogP contribution in [0.15, 0.2) is 24.3 Å². The number of amides is 1. The van der Waals surface area contributed by atoms with E-state index in [4.69, 9.17) is 28.4 Å². The summed E-state index contributed by atoms with van der Waals surface area (Å²) in [5.74, 6) is -0.243. The number of aliphatic hydroxyl groups is 11. The van der Waals surface area contributed by atoms with Crippen molar-refractivity contribution >= 4 is 5.91 Å². The van der Waals surface area contributed by atoms with Crippen LogP contribution < -0.4 is 5.32 Å². The van der Waals surface area contributed by atoms with Gasteiger partial charge in [0.2, 0.25) is 5.91 Å². The Hall–Kier alpha value is -1.73. The van der Waals surface area contributed by atoms with E-state index in [-0.39, 0.29) is 18.9 Å². The molecule has 0 bridgehead atoms. The minimum Gasteiger partial charge on any atom is -0.394 e. The van der Waals surface area contributed by atoms with Crippen LogP contribution in [0.3, 0.4) is 0 Å². The second-order valence-electron chi connectivity index (χ2n) is 24.6. The summed E-state index contributed by atoms with van der Waals surface area (Å²) in [5.41, 5.74) is 0. The first-order valence-corrected chi connectivity index (χ1v) is 34.1. The maximum Gasteiger partial charge on any atom is 0.220 e. The highest BCUT2D eigenvalue weighted by Gasteiger charge is 2.53. The highest BCUT2D eigenvalue weighted by Crippen LogP contribution is 2.33. The molecule has 17 unspecified atom stereocenters. The largest absolute Gasteiger partial charge is 0.394 e. The predicted molar refractivity (Wildman–Crippen MR) is 328 cm³/mol. The molecular formula is C66H123NO18. The van der Waals surface area contributed by atoms with Crippen LogP contribution in [0, 0.1) is 0 Å². The van der Waals surface area contributed by atoms with Gasteiger partial charge in [0, 0.05) is 6.42 Å². The Morgan fingerprint density at radius 3 is 1.20 bits per heavy atom. The lowest BCUT2D eigenvalue weighted by atomic mass is 9.96. The van der Waals surface area contributed by atoms with Gasteiger partial charge in [-0.15, -0.1) is 0 Å². The second-order valence-corrected chi connectivity index (χ2v) is 24.6. The number of unbranched alkanes of at least 4 members (excludes halogenated alkanes) is 32. The van der Waals surface area contributed by atoms with E-state index >= 15 is 0 Å². The van der Waals surface area contributed by atoms with Crippen molar-refractivity contribution in [1.82, 2.24) is 5.32 Å². The van der Waals surface area contributed by atoms with E-state index in [1.54, 1.807) is 0 Å². The summed E-state index contributed by atoms with van der Waals surface area (Å²) in [6.07, 6.45) is 27.6. The molecular weight excluding hydrogens is 1090 g/mol. The van der Waals surface area contributed by atoms with E-state index in [0.717, 1.165) is 64.2 Å². The van der Waals surface area contributed by atoms with Crippen LogP contribution in [0.4, 0.5) is 0 Å². The summed E-state index contributed by atoms with van der Waals surface area (Å²) in [7, 11) is 0. The van der Waals surface area contributed by atoms with Crippen LogP contribution in [0.1, 0.15) is 258 Å². The van der Waals surface area contributed by atoms with Crippen LogP contribution in [0.2, 0.25) is 0 Å². The van der Waals surface area contributed by atoms with Gasteiger partial charge in [0.15, 0.2) is 18.9 Å². The van der Waals surface area contributed by atoms with E-state index in [0.29, 0.717) is 12.8 Å².